The number of nitrogens with zero attached hydrogens (tertiary/aromatic N) is 1. The molecule has 2 atom stereocenters. The molecule has 1 aromatic heterocycles. The van der Waals surface area contributed by atoms with Crippen LogP contribution >= 0.6 is 11.3 Å². The van der Waals surface area contributed by atoms with Gasteiger partial charge in [0.1, 0.15) is 5.60 Å². The van der Waals surface area contributed by atoms with Gasteiger partial charge in [-0.15, -0.1) is 11.3 Å². The quantitative estimate of drug-likeness (QED) is 0.796. The van der Waals surface area contributed by atoms with Crippen LogP contribution in [0, 0.1) is 5.92 Å². The van der Waals surface area contributed by atoms with Crippen molar-refractivity contribution < 1.29 is 9.53 Å². The fourth-order valence-corrected chi connectivity index (χ4v) is 3.22. The third kappa shape index (κ3) is 7.36. The summed E-state index contributed by atoms with van der Waals surface area (Å²) in [7, 11) is 1.79. The molecule has 0 aromatic carbocycles. The fourth-order valence-electron chi connectivity index (χ4n) is 2.24. The molecule has 0 saturated carbocycles. The number of thiophene rings is 1. The summed E-state index contributed by atoms with van der Waals surface area (Å²) in [6, 6.07) is 4.76. The van der Waals surface area contributed by atoms with Crippen molar-refractivity contribution in [1.29, 1.82) is 0 Å². The number of aryl methyl sites for hydroxylation is 1. The van der Waals surface area contributed by atoms with Crippen LogP contribution in [0.1, 0.15) is 57.3 Å². The Hall–Kier alpha value is -1.07. The van der Waals surface area contributed by atoms with Crippen molar-refractivity contribution in [3.63, 3.8) is 0 Å². The van der Waals surface area contributed by atoms with Gasteiger partial charge in [-0.2, -0.15) is 0 Å². The molecule has 5 heteroatoms. The highest BCUT2D eigenvalue weighted by Gasteiger charge is 2.21. The summed E-state index contributed by atoms with van der Waals surface area (Å²) < 4.78 is 5.38. The molecule has 0 bridgehead atoms. The Morgan fingerprint density at radius 3 is 2.52 bits per heavy atom. The molecule has 0 aliphatic rings. The van der Waals surface area contributed by atoms with Crippen molar-refractivity contribution in [1.82, 2.24) is 10.2 Å². The van der Waals surface area contributed by atoms with E-state index in [0.29, 0.717) is 18.5 Å². The van der Waals surface area contributed by atoms with Gasteiger partial charge in [0.25, 0.3) is 0 Å². The van der Waals surface area contributed by atoms with Crippen LogP contribution in [-0.2, 0) is 11.2 Å². The maximum atomic E-state index is 12.0. The molecule has 1 amide bonds. The molecule has 1 aromatic rings. The maximum Gasteiger partial charge on any atom is 0.410 e. The van der Waals surface area contributed by atoms with Crippen molar-refractivity contribution in [2.45, 2.75) is 59.6 Å². The van der Waals surface area contributed by atoms with E-state index in [1.54, 1.807) is 11.9 Å². The molecule has 0 spiro atoms. The molecular formula is C18H32N2O2S. The zero-order chi connectivity index (χ0) is 17.6. The molecule has 0 aliphatic heterocycles. The minimum Gasteiger partial charge on any atom is -0.444 e. The molecule has 4 nitrogen and oxygen atoms in total. The molecule has 0 radical (unpaired) electrons. The molecular weight excluding hydrogens is 308 g/mol. The Balaban J connectivity index is 2.38. The number of hydrogen-bond donors (Lipinski definition) is 1. The first-order valence-electron chi connectivity index (χ1n) is 8.38. The summed E-state index contributed by atoms with van der Waals surface area (Å²) in [5.41, 5.74) is -0.447. The lowest BCUT2D eigenvalue weighted by Crippen LogP contribution is -2.38. The predicted molar refractivity (Wildman–Crippen MR) is 98.1 cm³/mol. The van der Waals surface area contributed by atoms with Crippen molar-refractivity contribution in [2.24, 2.45) is 5.92 Å². The molecule has 2 unspecified atom stereocenters. The first-order valence-corrected chi connectivity index (χ1v) is 9.20. The highest BCUT2D eigenvalue weighted by molar-refractivity contribution is 7.12. The Labute approximate surface area is 145 Å². The summed E-state index contributed by atoms with van der Waals surface area (Å²) in [5.74, 6) is 0.362. The first-order chi connectivity index (χ1) is 10.6. The van der Waals surface area contributed by atoms with E-state index in [1.807, 2.05) is 32.1 Å². The van der Waals surface area contributed by atoms with Gasteiger partial charge < -0.3 is 15.0 Å². The van der Waals surface area contributed by atoms with Gasteiger partial charge in [-0.3, -0.25) is 0 Å². The second-order valence-electron chi connectivity index (χ2n) is 7.25. The van der Waals surface area contributed by atoms with Gasteiger partial charge in [-0.1, -0.05) is 13.8 Å². The minimum absolute atomic E-state index is 0.261. The number of carbonyl (C=O) groups is 1. The van der Waals surface area contributed by atoms with Gasteiger partial charge in [0.05, 0.1) is 0 Å². The van der Waals surface area contributed by atoms with Gasteiger partial charge in [-0.25, -0.2) is 4.79 Å². The van der Waals surface area contributed by atoms with Crippen molar-refractivity contribution >= 4 is 17.4 Å². The van der Waals surface area contributed by atoms with E-state index in [1.165, 1.54) is 9.75 Å². The predicted octanol–water partition coefficient (Wildman–Crippen LogP) is 4.46. The van der Waals surface area contributed by atoms with Crippen molar-refractivity contribution in [2.75, 3.05) is 20.1 Å². The average Bonchev–Trinajstić information content (AvgIpc) is 2.91. The second-order valence-corrected chi connectivity index (χ2v) is 8.45. The number of hydrogen-bond acceptors (Lipinski definition) is 4. The van der Waals surface area contributed by atoms with Crippen LogP contribution in [0.5, 0.6) is 0 Å². The van der Waals surface area contributed by atoms with Crippen LogP contribution in [0.3, 0.4) is 0 Å². The van der Waals surface area contributed by atoms with E-state index in [2.05, 4.69) is 38.2 Å². The monoisotopic (exact) mass is 340 g/mol. The van der Waals surface area contributed by atoms with Gasteiger partial charge in [0, 0.05) is 29.4 Å². The molecule has 23 heavy (non-hydrogen) atoms. The molecule has 1 N–H and O–H groups in total. The molecule has 0 saturated heterocycles. The molecule has 0 aliphatic carbocycles. The summed E-state index contributed by atoms with van der Waals surface area (Å²) >= 11 is 1.87. The highest BCUT2D eigenvalue weighted by atomic mass is 32.1. The number of carbonyl (C=O) groups excluding carboxylic acids is 1. The first kappa shape index (κ1) is 20.0. The third-order valence-corrected chi connectivity index (χ3v) is 4.93. The second kappa shape index (κ2) is 8.69. The summed E-state index contributed by atoms with van der Waals surface area (Å²) in [6.45, 7) is 13.7. The Morgan fingerprint density at radius 2 is 2.00 bits per heavy atom. The standard InChI is InChI=1S/C18H32N2O2S/c1-8-15-9-10-16(23-15)14(3)19-11-13(2)12-20(7)17(21)22-18(4,5)6/h9-10,13-14,19H,8,11-12H2,1-7H3. The fraction of sp³-hybridized carbons (Fsp3) is 0.722. The van der Waals surface area contributed by atoms with Gasteiger partial charge in [0.2, 0.25) is 0 Å². The maximum absolute atomic E-state index is 12.0. The largest absolute Gasteiger partial charge is 0.444 e. The lowest BCUT2D eigenvalue weighted by Gasteiger charge is -2.27. The van der Waals surface area contributed by atoms with Gasteiger partial charge in [0.15, 0.2) is 0 Å². The molecule has 1 rings (SSSR count). The average molecular weight is 341 g/mol. The van der Waals surface area contributed by atoms with Crippen LogP contribution in [0.25, 0.3) is 0 Å². The lowest BCUT2D eigenvalue weighted by molar-refractivity contribution is 0.0276. The zero-order valence-corrected chi connectivity index (χ0v) is 16.4. The van der Waals surface area contributed by atoms with Crippen LogP contribution in [0.2, 0.25) is 0 Å². The summed E-state index contributed by atoms with van der Waals surface area (Å²) in [4.78, 5) is 16.4. The van der Waals surface area contributed by atoms with E-state index in [-0.39, 0.29) is 6.09 Å². The van der Waals surface area contributed by atoms with Gasteiger partial charge >= 0.3 is 6.09 Å². The van der Waals surface area contributed by atoms with E-state index in [0.717, 1.165) is 13.0 Å². The molecule has 132 valence electrons. The highest BCUT2D eigenvalue weighted by Crippen LogP contribution is 2.23. The number of rotatable bonds is 7. The SMILES string of the molecule is CCc1ccc(C(C)NCC(C)CN(C)C(=O)OC(C)(C)C)s1. The third-order valence-electron chi connectivity index (χ3n) is 3.52. The van der Waals surface area contributed by atoms with Crippen LogP contribution < -0.4 is 5.32 Å². The summed E-state index contributed by atoms with van der Waals surface area (Å²) in [6.07, 6.45) is 0.831. The minimum atomic E-state index is -0.447. The summed E-state index contributed by atoms with van der Waals surface area (Å²) in [5, 5.41) is 3.56. The van der Waals surface area contributed by atoms with E-state index >= 15 is 0 Å². The number of ether oxygens (including phenoxy) is 1. The van der Waals surface area contributed by atoms with Crippen LogP contribution in [0.15, 0.2) is 12.1 Å². The van der Waals surface area contributed by atoms with E-state index in [4.69, 9.17) is 4.74 Å². The molecule has 0 fully saturated rings. The van der Waals surface area contributed by atoms with Crippen LogP contribution in [-0.4, -0.2) is 36.7 Å². The Kier molecular flexibility index (Phi) is 7.55. The lowest BCUT2D eigenvalue weighted by atomic mass is 10.1. The smallest absolute Gasteiger partial charge is 0.410 e. The topological polar surface area (TPSA) is 41.6 Å². The van der Waals surface area contributed by atoms with Crippen LogP contribution in [0.4, 0.5) is 4.79 Å². The Morgan fingerprint density at radius 1 is 1.35 bits per heavy atom. The number of amides is 1. The zero-order valence-electron chi connectivity index (χ0n) is 15.6. The van der Waals surface area contributed by atoms with E-state index < -0.39 is 5.60 Å². The normalized spacial score (nSPS) is 14.4. The van der Waals surface area contributed by atoms with Crippen molar-refractivity contribution in [3.8, 4) is 0 Å². The van der Waals surface area contributed by atoms with E-state index in [9.17, 15) is 4.79 Å². The molecule has 1 heterocycles. The van der Waals surface area contributed by atoms with Crippen molar-refractivity contribution in [3.05, 3.63) is 21.9 Å². The Bertz CT molecular complexity index is 493. The number of nitrogens with one attached hydrogen (secondary N) is 1. The van der Waals surface area contributed by atoms with Gasteiger partial charge in [-0.05, 0) is 58.7 Å².